The smallest absolute Gasteiger partial charge is 0.322 e. The molecule has 0 saturated carbocycles. The maximum absolute atomic E-state index is 5.62. The molecule has 0 saturated heterocycles. The van der Waals surface area contributed by atoms with E-state index >= 15 is 0 Å². The fourth-order valence-electron chi connectivity index (χ4n) is 1.38. The summed E-state index contributed by atoms with van der Waals surface area (Å²) in [6, 6.07) is 8.35. The number of benzene rings is 1. The van der Waals surface area contributed by atoms with Crippen LogP contribution >= 0.6 is 11.8 Å². The van der Waals surface area contributed by atoms with Crippen molar-refractivity contribution in [3.8, 4) is 6.01 Å². The van der Waals surface area contributed by atoms with E-state index in [0.717, 1.165) is 4.90 Å². The number of aromatic nitrogens is 3. The van der Waals surface area contributed by atoms with Gasteiger partial charge in [0.2, 0.25) is 11.1 Å². The van der Waals surface area contributed by atoms with Crippen molar-refractivity contribution in [2.45, 2.75) is 23.9 Å². The van der Waals surface area contributed by atoms with Gasteiger partial charge in [0, 0.05) is 4.90 Å². The molecule has 0 aliphatic carbocycles. The van der Waals surface area contributed by atoms with Crippen LogP contribution in [-0.4, -0.2) is 21.6 Å². The molecule has 0 aliphatic rings. The lowest BCUT2D eigenvalue weighted by Gasteiger charge is -2.05. The molecule has 0 unspecified atom stereocenters. The summed E-state index contributed by atoms with van der Waals surface area (Å²) in [6.45, 7) is 4.41. The van der Waals surface area contributed by atoms with Crippen molar-refractivity contribution in [1.29, 1.82) is 0 Å². The van der Waals surface area contributed by atoms with Crippen LogP contribution in [0, 0.1) is 6.92 Å². The first-order valence-corrected chi connectivity index (χ1v) is 6.38. The third kappa shape index (κ3) is 3.33. The van der Waals surface area contributed by atoms with Crippen molar-refractivity contribution in [2.75, 3.05) is 12.3 Å². The van der Waals surface area contributed by atoms with Crippen LogP contribution in [0.5, 0.6) is 6.01 Å². The zero-order chi connectivity index (χ0) is 13.0. The van der Waals surface area contributed by atoms with E-state index in [0.29, 0.717) is 11.8 Å². The Morgan fingerprint density at radius 1 is 1.28 bits per heavy atom. The van der Waals surface area contributed by atoms with Gasteiger partial charge in [0.25, 0.3) is 0 Å². The van der Waals surface area contributed by atoms with Crippen LogP contribution in [0.15, 0.2) is 34.3 Å². The number of hydrogen-bond acceptors (Lipinski definition) is 6. The molecule has 0 amide bonds. The summed E-state index contributed by atoms with van der Waals surface area (Å²) < 4.78 is 5.23. The Bertz CT molecular complexity index is 547. The van der Waals surface area contributed by atoms with Gasteiger partial charge in [0.15, 0.2) is 0 Å². The number of nitrogens with two attached hydrogens (primary N) is 1. The minimum absolute atomic E-state index is 0.170. The molecule has 94 valence electrons. The summed E-state index contributed by atoms with van der Waals surface area (Å²) in [5, 5.41) is 0.538. The van der Waals surface area contributed by atoms with E-state index in [9.17, 15) is 0 Å². The van der Waals surface area contributed by atoms with E-state index < -0.39 is 0 Å². The van der Waals surface area contributed by atoms with Crippen molar-refractivity contribution < 1.29 is 4.74 Å². The van der Waals surface area contributed by atoms with Crippen LogP contribution in [0.2, 0.25) is 0 Å². The van der Waals surface area contributed by atoms with Gasteiger partial charge in [0.05, 0.1) is 6.61 Å². The molecule has 0 radical (unpaired) electrons. The highest BCUT2D eigenvalue weighted by Crippen LogP contribution is 2.26. The van der Waals surface area contributed by atoms with Crippen LogP contribution in [-0.2, 0) is 0 Å². The number of ether oxygens (including phenoxy) is 1. The highest BCUT2D eigenvalue weighted by Gasteiger charge is 2.07. The monoisotopic (exact) mass is 262 g/mol. The molecule has 0 fully saturated rings. The van der Waals surface area contributed by atoms with Crippen molar-refractivity contribution in [3.63, 3.8) is 0 Å². The molecule has 1 heterocycles. The predicted octanol–water partition coefficient (Wildman–Crippen LogP) is 2.31. The van der Waals surface area contributed by atoms with Gasteiger partial charge in [0.1, 0.15) is 0 Å². The fraction of sp³-hybridized carbons (Fsp3) is 0.250. The molecule has 0 atom stereocenters. The summed E-state index contributed by atoms with van der Waals surface area (Å²) in [5.74, 6) is 0.170. The lowest BCUT2D eigenvalue weighted by molar-refractivity contribution is 0.308. The normalized spacial score (nSPS) is 10.3. The number of hydrogen-bond donors (Lipinski definition) is 1. The Labute approximate surface area is 110 Å². The standard InChI is InChI=1S/C12H14N4OS/c1-3-17-11-14-10(13)15-12(16-11)18-9-6-4-5-8(2)7-9/h4-7H,3H2,1-2H3,(H2,13,14,15,16). The summed E-state index contributed by atoms with van der Waals surface area (Å²) in [5.41, 5.74) is 6.80. The maximum Gasteiger partial charge on any atom is 0.322 e. The van der Waals surface area contributed by atoms with Gasteiger partial charge >= 0.3 is 6.01 Å². The number of aryl methyl sites for hydroxylation is 1. The Hall–Kier alpha value is -1.82. The van der Waals surface area contributed by atoms with Gasteiger partial charge < -0.3 is 10.5 Å². The van der Waals surface area contributed by atoms with Gasteiger partial charge in [-0.2, -0.15) is 15.0 Å². The Kier molecular flexibility index (Phi) is 3.99. The third-order valence-electron chi connectivity index (χ3n) is 2.08. The van der Waals surface area contributed by atoms with Gasteiger partial charge in [-0.3, -0.25) is 0 Å². The van der Waals surface area contributed by atoms with Crippen molar-refractivity contribution in [3.05, 3.63) is 29.8 Å². The van der Waals surface area contributed by atoms with Gasteiger partial charge in [-0.05, 0) is 37.7 Å². The second kappa shape index (κ2) is 5.68. The van der Waals surface area contributed by atoms with Crippen molar-refractivity contribution in [1.82, 2.24) is 15.0 Å². The first-order valence-electron chi connectivity index (χ1n) is 5.56. The third-order valence-corrected chi connectivity index (χ3v) is 2.94. The van der Waals surface area contributed by atoms with Crippen LogP contribution < -0.4 is 10.5 Å². The summed E-state index contributed by atoms with van der Waals surface area (Å²) in [6.07, 6.45) is 0. The van der Waals surface area contributed by atoms with Crippen LogP contribution in [0.1, 0.15) is 12.5 Å². The van der Waals surface area contributed by atoms with E-state index in [-0.39, 0.29) is 12.0 Å². The second-order valence-electron chi connectivity index (χ2n) is 3.61. The zero-order valence-corrected chi connectivity index (χ0v) is 11.1. The highest BCUT2D eigenvalue weighted by atomic mass is 32.2. The van der Waals surface area contributed by atoms with Crippen molar-refractivity contribution >= 4 is 17.7 Å². The lowest BCUT2D eigenvalue weighted by atomic mass is 10.2. The molecule has 1 aromatic carbocycles. The largest absolute Gasteiger partial charge is 0.464 e. The fourth-order valence-corrected chi connectivity index (χ4v) is 2.24. The Balaban J connectivity index is 2.23. The zero-order valence-electron chi connectivity index (χ0n) is 10.3. The first-order chi connectivity index (χ1) is 8.67. The number of nitrogens with zero attached hydrogens (tertiary/aromatic N) is 3. The lowest BCUT2D eigenvalue weighted by Crippen LogP contribution is -2.04. The quantitative estimate of drug-likeness (QED) is 0.911. The molecule has 18 heavy (non-hydrogen) atoms. The van der Waals surface area contributed by atoms with Crippen LogP contribution in [0.4, 0.5) is 5.95 Å². The van der Waals surface area contributed by atoms with Gasteiger partial charge in [-0.25, -0.2) is 0 Å². The second-order valence-corrected chi connectivity index (χ2v) is 4.65. The summed E-state index contributed by atoms with van der Waals surface area (Å²) in [7, 11) is 0. The minimum atomic E-state index is 0.170. The Morgan fingerprint density at radius 2 is 2.11 bits per heavy atom. The Morgan fingerprint density at radius 3 is 2.83 bits per heavy atom. The number of anilines is 1. The van der Waals surface area contributed by atoms with Crippen molar-refractivity contribution in [2.24, 2.45) is 0 Å². The van der Waals surface area contributed by atoms with Gasteiger partial charge in [-0.15, -0.1) is 0 Å². The summed E-state index contributed by atoms with van der Waals surface area (Å²) in [4.78, 5) is 13.2. The molecular weight excluding hydrogens is 248 g/mol. The maximum atomic E-state index is 5.62. The molecule has 5 nitrogen and oxygen atoms in total. The van der Waals surface area contributed by atoms with E-state index in [4.69, 9.17) is 10.5 Å². The molecule has 0 bridgehead atoms. The van der Waals surface area contributed by atoms with E-state index in [2.05, 4.69) is 21.0 Å². The van der Waals surface area contributed by atoms with Crippen LogP contribution in [0.25, 0.3) is 0 Å². The molecule has 0 aliphatic heterocycles. The molecular formula is C12H14N4OS. The van der Waals surface area contributed by atoms with Gasteiger partial charge in [-0.1, -0.05) is 17.7 Å². The molecule has 2 aromatic rings. The van der Waals surface area contributed by atoms with Crippen LogP contribution in [0.3, 0.4) is 0 Å². The number of nitrogen functional groups attached to an aromatic ring is 1. The van der Waals surface area contributed by atoms with E-state index in [1.165, 1.54) is 17.3 Å². The average molecular weight is 262 g/mol. The van der Waals surface area contributed by atoms with E-state index in [1.54, 1.807) is 0 Å². The highest BCUT2D eigenvalue weighted by molar-refractivity contribution is 7.99. The molecule has 0 spiro atoms. The predicted molar refractivity (Wildman–Crippen MR) is 70.7 cm³/mol. The molecule has 6 heteroatoms. The molecule has 1 aromatic heterocycles. The SMILES string of the molecule is CCOc1nc(N)nc(Sc2cccc(C)c2)n1. The molecule has 2 rings (SSSR count). The topological polar surface area (TPSA) is 73.9 Å². The molecule has 2 N–H and O–H groups in total. The minimum Gasteiger partial charge on any atom is -0.464 e. The summed E-state index contributed by atoms with van der Waals surface area (Å²) >= 11 is 1.43. The first kappa shape index (κ1) is 12.6. The number of rotatable bonds is 4. The van der Waals surface area contributed by atoms with E-state index in [1.807, 2.05) is 32.0 Å². The average Bonchev–Trinajstić information content (AvgIpc) is 2.28.